The van der Waals surface area contributed by atoms with Crippen LogP contribution in [0.3, 0.4) is 0 Å². The normalized spacial score (nSPS) is 9.74. The van der Waals surface area contributed by atoms with Gasteiger partial charge in [-0.1, -0.05) is 45.3 Å². The largest absolute Gasteiger partial charge is 0.497 e. The van der Waals surface area contributed by atoms with E-state index in [0.29, 0.717) is 11.4 Å². The maximum atomic E-state index is 13.4. The summed E-state index contributed by atoms with van der Waals surface area (Å²) in [5.41, 5.74) is 4.05. The molecule has 1 radical (unpaired) electrons. The number of hydrogen-bond donors (Lipinski definition) is 0. The third-order valence-corrected chi connectivity index (χ3v) is 4.25. The second-order valence-electron chi connectivity index (χ2n) is 4.80. The Morgan fingerprint density at radius 2 is 1.96 bits per heavy atom. The number of methoxy groups -OCH3 is 1. The third kappa shape index (κ3) is 5.71. The summed E-state index contributed by atoms with van der Waals surface area (Å²) in [4.78, 5) is 8.06. The number of pyridine rings is 1. The molecule has 4 nitrogen and oxygen atoms in total. The van der Waals surface area contributed by atoms with Crippen molar-refractivity contribution in [2.45, 2.75) is 0 Å². The number of thiazole rings is 1. The molecular formula is C18H11F2IrN3OS2-2. The van der Waals surface area contributed by atoms with Crippen LogP contribution in [0.5, 0.6) is 5.75 Å². The molecule has 0 aliphatic rings. The first-order valence-corrected chi connectivity index (χ1v) is 9.03. The third-order valence-electron chi connectivity index (χ3n) is 3.15. The van der Waals surface area contributed by atoms with Gasteiger partial charge in [-0.3, -0.25) is 8.78 Å². The average Bonchev–Trinajstić information content (AvgIpc) is 3.35. The first-order valence-electron chi connectivity index (χ1n) is 7.25. The molecule has 27 heavy (non-hydrogen) atoms. The standard InChI is InChI=1S/C12H8F2NO.C6H3N2S2.Ir/c1-16-9-4-5-15-12(7-9)10-3-2-8(13)6-11(10)14;1-2-10-8-5(1)6-3-9-4-7-6;/h2,4-7H,1H3;2-4H;/q2*-1;. The number of halogens is 2. The molecule has 0 bridgehead atoms. The summed E-state index contributed by atoms with van der Waals surface area (Å²) >= 11 is 2.97. The fourth-order valence-electron chi connectivity index (χ4n) is 1.95. The SMILES string of the molecule is COc1ccnc(-c2[c-]cc(F)cc2F)c1.[Ir].[c-]1csnc1-c1cscn1. The molecular weight excluding hydrogens is 569 g/mol. The van der Waals surface area contributed by atoms with Gasteiger partial charge in [0, 0.05) is 37.9 Å². The first-order chi connectivity index (χ1) is 12.7. The number of ether oxygens (including phenoxy) is 1. The quantitative estimate of drug-likeness (QED) is 0.324. The van der Waals surface area contributed by atoms with E-state index in [1.54, 1.807) is 29.0 Å². The van der Waals surface area contributed by atoms with E-state index in [0.717, 1.165) is 23.5 Å². The van der Waals surface area contributed by atoms with E-state index < -0.39 is 11.6 Å². The van der Waals surface area contributed by atoms with Crippen molar-refractivity contribution in [1.29, 1.82) is 0 Å². The Morgan fingerprint density at radius 3 is 2.59 bits per heavy atom. The van der Waals surface area contributed by atoms with Gasteiger partial charge < -0.3 is 14.7 Å². The van der Waals surface area contributed by atoms with Gasteiger partial charge in [0.2, 0.25) is 0 Å². The molecule has 4 rings (SSSR count). The molecule has 9 heteroatoms. The molecule has 0 N–H and O–H groups in total. The van der Waals surface area contributed by atoms with Gasteiger partial charge in [-0.25, -0.2) is 10.4 Å². The van der Waals surface area contributed by atoms with Crippen LogP contribution >= 0.6 is 22.9 Å². The smallest absolute Gasteiger partial charge is 0.113 e. The molecule has 0 saturated carbocycles. The van der Waals surface area contributed by atoms with E-state index in [4.69, 9.17) is 4.74 Å². The number of rotatable bonds is 3. The summed E-state index contributed by atoms with van der Waals surface area (Å²) in [7, 11) is 1.50. The number of aromatic nitrogens is 3. The van der Waals surface area contributed by atoms with Crippen LogP contribution in [0.15, 0.2) is 46.7 Å². The van der Waals surface area contributed by atoms with Crippen LogP contribution in [-0.2, 0) is 20.1 Å². The van der Waals surface area contributed by atoms with Crippen LogP contribution < -0.4 is 4.74 Å². The molecule has 3 aromatic heterocycles. The van der Waals surface area contributed by atoms with Gasteiger partial charge in [0.25, 0.3) is 0 Å². The second-order valence-corrected chi connectivity index (χ2v) is 6.15. The maximum absolute atomic E-state index is 13.4. The van der Waals surface area contributed by atoms with Gasteiger partial charge in [-0.05, 0) is 17.8 Å². The number of hydrogen-bond acceptors (Lipinski definition) is 6. The van der Waals surface area contributed by atoms with Crippen molar-refractivity contribution in [1.82, 2.24) is 14.3 Å². The first kappa shape index (κ1) is 21.2. The van der Waals surface area contributed by atoms with Gasteiger partial charge in [0.1, 0.15) is 5.75 Å². The molecule has 0 unspecified atom stereocenters. The topological polar surface area (TPSA) is 47.9 Å². The Hall–Kier alpha value is -2.06. The van der Waals surface area contributed by atoms with Crippen molar-refractivity contribution in [3.63, 3.8) is 0 Å². The Balaban J connectivity index is 0.000000205. The number of nitrogens with zero attached hydrogens (tertiary/aromatic N) is 3. The Kier molecular flexibility index (Phi) is 8.12. The Morgan fingerprint density at radius 1 is 1.11 bits per heavy atom. The summed E-state index contributed by atoms with van der Waals surface area (Å²) < 4.78 is 35.2. The molecule has 141 valence electrons. The zero-order valence-electron chi connectivity index (χ0n) is 13.8. The van der Waals surface area contributed by atoms with Crippen molar-refractivity contribution in [2.75, 3.05) is 7.11 Å². The van der Waals surface area contributed by atoms with E-state index >= 15 is 0 Å². The average molecular weight is 580 g/mol. The molecule has 0 atom stereocenters. The fraction of sp³-hybridized carbons (Fsp3) is 0.0556. The van der Waals surface area contributed by atoms with Crippen molar-refractivity contribution >= 4 is 22.9 Å². The van der Waals surface area contributed by atoms with Crippen molar-refractivity contribution in [2.24, 2.45) is 0 Å². The predicted octanol–water partition coefficient (Wildman–Crippen LogP) is 4.90. The monoisotopic (exact) mass is 580 g/mol. The zero-order valence-corrected chi connectivity index (χ0v) is 17.8. The van der Waals surface area contributed by atoms with Crippen molar-refractivity contribution in [3.05, 3.63) is 70.5 Å². The molecule has 3 heterocycles. The van der Waals surface area contributed by atoms with Crippen LogP contribution in [-0.4, -0.2) is 21.5 Å². The minimum atomic E-state index is -0.694. The molecule has 1 aromatic carbocycles. The fourth-order valence-corrected chi connectivity index (χ4v) is 2.96. The van der Waals surface area contributed by atoms with Crippen LogP contribution in [0, 0.1) is 23.8 Å². The molecule has 0 spiro atoms. The van der Waals surface area contributed by atoms with E-state index in [9.17, 15) is 8.78 Å². The van der Waals surface area contributed by atoms with Crippen molar-refractivity contribution < 1.29 is 33.6 Å². The van der Waals surface area contributed by atoms with Crippen LogP contribution in [0.4, 0.5) is 8.78 Å². The van der Waals surface area contributed by atoms with E-state index in [1.165, 1.54) is 24.8 Å². The molecule has 0 aliphatic heterocycles. The maximum Gasteiger partial charge on any atom is 0.113 e. The van der Waals surface area contributed by atoms with Gasteiger partial charge in [0.15, 0.2) is 0 Å². The molecule has 0 amide bonds. The van der Waals surface area contributed by atoms with Crippen LogP contribution in [0.1, 0.15) is 0 Å². The Labute approximate surface area is 176 Å². The summed E-state index contributed by atoms with van der Waals surface area (Å²) in [5.74, 6) is -0.799. The van der Waals surface area contributed by atoms with Gasteiger partial charge in [0.05, 0.1) is 12.6 Å². The minimum absolute atomic E-state index is 0. The predicted molar refractivity (Wildman–Crippen MR) is 97.0 cm³/mol. The second kappa shape index (κ2) is 10.3. The Bertz CT molecular complexity index is 934. The zero-order chi connectivity index (χ0) is 18.4. The molecule has 0 fully saturated rings. The van der Waals surface area contributed by atoms with Crippen LogP contribution in [0.25, 0.3) is 22.6 Å². The summed E-state index contributed by atoms with van der Waals surface area (Å²) in [6.45, 7) is 0. The summed E-state index contributed by atoms with van der Waals surface area (Å²) in [5, 5.41) is 3.79. The molecule has 0 aliphatic carbocycles. The summed E-state index contributed by atoms with van der Waals surface area (Å²) in [6, 6.07) is 10.6. The van der Waals surface area contributed by atoms with E-state index in [2.05, 4.69) is 26.5 Å². The molecule has 0 saturated heterocycles. The van der Waals surface area contributed by atoms with E-state index in [-0.39, 0.29) is 25.7 Å². The van der Waals surface area contributed by atoms with E-state index in [1.807, 2.05) is 10.8 Å². The van der Waals surface area contributed by atoms with Gasteiger partial charge in [-0.15, -0.1) is 12.1 Å². The number of benzene rings is 1. The minimum Gasteiger partial charge on any atom is -0.497 e. The molecule has 4 aromatic rings. The van der Waals surface area contributed by atoms with Gasteiger partial charge >= 0.3 is 0 Å². The van der Waals surface area contributed by atoms with Gasteiger partial charge in [-0.2, -0.15) is 11.3 Å². The van der Waals surface area contributed by atoms with Crippen LogP contribution in [0.2, 0.25) is 0 Å². The van der Waals surface area contributed by atoms with Crippen molar-refractivity contribution in [3.8, 4) is 28.4 Å². The summed E-state index contributed by atoms with van der Waals surface area (Å²) in [6.07, 6.45) is 1.49.